The molecule has 0 bridgehead atoms. The monoisotopic (exact) mass is 366 g/mol. The van der Waals surface area contributed by atoms with Crippen LogP contribution in [0.25, 0.3) is 10.1 Å². The number of aryl methyl sites for hydroxylation is 1. The van der Waals surface area contributed by atoms with Crippen molar-refractivity contribution in [3.8, 4) is 0 Å². The van der Waals surface area contributed by atoms with E-state index < -0.39 is 0 Å². The van der Waals surface area contributed by atoms with Crippen molar-refractivity contribution in [2.75, 3.05) is 0 Å². The zero-order valence-corrected chi connectivity index (χ0v) is 11.7. The van der Waals surface area contributed by atoms with Gasteiger partial charge in [-0.25, -0.2) is 0 Å². The van der Waals surface area contributed by atoms with Crippen LogP contribution in [0.3, 0.4) is 0 Å². The Bertz CT molecular complexity index is 447. The Kier molecular flexibility index (Phi) is 2.95. The Morgan fingerprint density at radius 1 is 1.46 bits per heavy atom. The summed E-state index contributed by atoms with van der Waals surface area (Å²) >= 11 is 7.80. The number of benzene rings is 1. The highest BCUT2D eigenvalue weighted by Crippen LogP contribution is 2.36. The molecule has 3 heteroatoms. The van der Waals surface area contributed by atoms with Gasteiger partial charge in [0.2, 0.25) is 0 Å². The minimum Gasteiger partial charge on any atom is -0.142 e. The van der Waals surface area contributed by atoms with Crippen molar-refractivity contribution in [3.05, 3.63) is 31.1 Å². The maximum absolute atomic E-state index is 3.59. The molecule has 0 saturated heterocycles. The van der Waals surface area contributed by atoms with Crippen LogP contribution in [0.2, 0.25) is 0 Å². The molecule has 0 N–H and O–H groups in total. The molecule has 0 atom stereocenters. The molecule has 13 heavy (non-hydrogen) atoms. The van der Waals surface area contributed by atoms with Crippen LogP contribution in [0.15, 0.2) is 22.0 Å². The highest BCUT2D eigenvalue weighted by molar-refractivity contribution is 14.1. The highest BCUT2D eigenvalue weighted by atomic mass is 127. The maximum atomic E-state index is 3.59. The summed E-state index contributed by atoms with van der Waals surface area (Å²) in [4.78, 5) is 0. The Morgan fingerprint density at radius 2 is 2.23 bits per heavy atom. The molecule has 0 saturated carbocycles. The first kappa shape index (κ1) is 9.93. The van der Waals surface area contributed by atoms with Gasteiger partial charge < -0.3 is 0 Å². The predicted molar refractivity (Wildman–Crippen MR) is 71.6 cm³/mol. The molecule has 0 radical (unpaired) electrons. The molecule has 0 nitrogen and oxygen atoms in total. The Morgan fingerprint density at radius 3 is 2.92 bits per heavy atom. The molecule has 0 unspecified atom stereocenters. The SMILES string of the molecule is CCc1ccc(I)c2c(Br)csc12. The van der Waals surface area contributed by atoms with Crippen LogP contribution in [-0.2, 0) is 6.42 Å². The second kappa shape index (κ2) is 3.87. The summed E-state index contributed by atoms with van der Waals surface area (Å²) in [7, 11) is 0. The third-order valence-corrected chi connectivity index (χ3v) is 4.97. The summed E-state index contributed by atoms with van der Waals surface area (Å²) in [6.45, 7) is 2.20. The molecule has 2 rings (SSSR count). The van der Waals surface area contributed by atoms with Gasteiger partial charge in [0.1, 0.15) is 0 Å². The molecule has 0 aliphatic rings. The highest BCUT2D eigenvalue weighted by Gasteiger charge is 2.08. The second-order valence-corrected chi connectivity index (χ2v) is 5.74. The van der Waals surface area contributed by atoms with Gasteiger partial charge in [-0.15, -0.1) is 11.3 Å². The summed E-state index contributed by atoms with van der Waals surface area (Å²) in [6, 6.07) is 4.42. The van der Waals surface area contributed by atoms with Gasteiger partial charge in [0.05, 0.1) is 0 Å². The lowest BCUT2D eigenvalue weighted by molar-refractivity contribution is 1.16. The minimum atomic E-state index is 1.11. The third kappa shape index (κ3) is 1.66. The molecule has 0 amide bonds. The van der Waals surface area contributed by atoms with Crippen molar-refractivity contribution in [2.24, 2.45) is 0 Å². The molecule has 2 aromatic rings. The molecule has 1 aromatic heterocycles. The van der Waals surface area contributed by atoms with Crippen molar-refractivity contribution in [1.82, 2.24) is 0 Å². The van der Waals surface area contributed by atoms with E-state index in [0.29, 0.717) is 0 Å². The van der Waals surface area contributed by atoms with E-state index in [1.54, 1.807) is 0 Å². The van der Waals surface area contributed by atoms with Crippen LogP contribution in [0.4, 0.5) is 0 Å². The van der Waals surface area contributed by atoms with E-state index >= 15 is 0 Å². The van der Waals surface area contributed by atoms with Gasteiger partial charge in [0, 0.05) is 23.5 Å². The van der Waals surface area contributed by atoms with Gasteiger partial charge in [-0.2, -0.15) is 0 Å². The lowest BCUT2D eigenvalue weighted by Crippen LogP contribution is -1.81. The zero-order valence-electron chi connectivity index (χ0n) is 7.10. The number of fused-ring (bicyclic) bond motifs is 1. The topological polar surface area (TPSA) is 0 Å². The molecule has 0 spiro atoms. The number of rotatable bonds is 1. The smallest absolute Gasteiger partial charge is 0.0397 e. The summed E-state index contributed by atoms with van der Waals surface area (Å²) in [5.74, 6) is 0. The normalized spacial score (nSPS) is 11.0. The average Bonchev–Trinajstić information content (AvgIpc) is 2.50. The fourth-order valence-corrected chi connectivity index (χ4v) is 4.56. The van der Waals surface area contributed by atoms with E-state index in [2.05, 4.69) is 63.0 Å². The fraction of sp³-hybridized carbons (Fsp3) is 0.200. The van der Waals surface area contributed by atoms with Gasteiger partial charge in [-0.3, -0.25) is 0 Å². The first-order chi connectivity index (χ1) is 6.24. The predicted octanol–water partition coefficient (Wildman–Crippen LogP) is 4.83. The summed E-state index contributed by atoms with van der Waals surface area (Å²) in [6.07, 6.45) is 1.11. The van der Waals surface area contributed by atoms with Crippen LogP contribution in [-0.4, -0.2) is 0 Å². The Balaban J connectivity index is 2.87. The fourth-order valence-electron chi connectivity index (χ4n) is 1.41. The largest absolute Gasteiger partial charge is 0.142 e. The van der Waals surface area contributed by atoms with Crippen LogP contribution in [0.1, 0.15) is 12.5 Å². The number of halogens is 2. The van der Waals surface area contributed by atoms with Gasteiger partial charge >= 0.3 is 0 Å². The molecule has 1 heterocycles. The van der Waals surface area contributed by atoms with Crippen LogP contribution in [0, 0.1) is 3.57 Å². The standard InChI is InChI=1S/C10H8BrIS/c1-2-6-3-4-8(12)9-7(11)5-13-10(6)9/h3-5H,2H2,1H3. The van der Waals surface area contributed by atoms with Crippen LogP contribution in [0.5, 0.6) is 0 Å². The first-order valence-corrected chi connectivity index (χ1v) is 6.83. The van der Waals surface area contributed by atoms with E-state index in [-0.39, 0.29) is 0 Å². The summed E-state index contributed by atoms with van der Waals surface area (Å²) in [5.41, 5.74) is 1.45. The van der Waals surface area contributed by atoms with Crippen LogP contribution >= 0.6 is 49.9 Å². The Labute approximate surface area is 104 Å². The van der Waals surface area contributed by atoms with E-state index in [9.17, 15) is 0 Å². The second-order valence-electron chi connectivity index (χ2n) is 2.85. The quantitative estimate of drug-likeness (QED) is 0.634. The molecule has 0 aliphatic heterocycles. The molecule has 0 aliphatic carbocycles. The van der Waals surface area contributed by atoms with Crippen molar-refractivity contribution in [1.29, 1.82) is 0 Å². The van der Waals surface area contributed by atoms with Gasteiger partial charge in [0.15, 0.2) is 0 Å². The molecule has 1 aromatic carbocycles. The molecular formula is C10H8BrIS. The van der Waals surface area contributed by atoms with E-state index in [0.717, 1.165) is 6.42 Å². The number of hydrogen-bond acceptors (Lipinski definition) is 1. The maximum Gasteiger partial charge on any atom is 0.0397 e. The van der Waals surface area contributed by atoms with E-state index in [1.165, 1.54) is 23.7 Å². The molecule has 68 valence electrons. The van der Waals surface area contributed by atoms with Crippen molar-refractivity contribution in [3.63, 3.8) is 0 Å². The van der Waals surface area contributed by atoms with Gasteiger partial charge in [0.25, 0.3) is 0 Å². The summed E-state index contributed by atoms with van der Waals surface area (Å²) in [5, 5.41) is 3.55. The van der Waals surface area contributed by atoms with Crippen molar-refractivity contribution in [2.45, 2.75) is 13.3 Å². The third-order valence-electron chi connectivity index (χ3n) is 2.09. The van der Waals surface area contributed by atoms with E-state index in [4.69, 9.17) is 0 Å². The lowest BCUT2D eigenvalue weighted by Gasteiger charge is -2.01. The van der Waals surface area contributed by atoms with Crippen molar-refractivity contribution >= 4 is 59.9 Å². The lowest BCUT2D eigenvalue weighted by atomic mass is 10.1. The number of thiophene rings is 1. The number of hydrogen-bond donors (Lipinski definition) is 0. The van der Waals surface area contributed by atoms with E-state index in [1.807, 2.05) is 11.3 Å². The Hall–Kier alpha value is 0.390. The average molecular weight is 367 g/mol. The van der Waals surface area contributed by atoms with Crippen LogP contribution < -0.4 is 0 Å². The van der Waals surface area contributed by atoms with Crippen molar-refractivity contribution < 1.29 is 0 Å². The zero-order chi connectivity index (χ0) is 9.42. The summed E-state index contributed by atoms with van der Waals surface area (Å²) < 4.78 is 3.99. The van der Waals surface area contributed by atoms with Gasteiger partial charge in [-0.1, -0.05) is 13.0 Å². The van der Waals surface area contributed by atoms with Gasteiger partial charge in [-0.05, 0) is 56.6 Å². The molecule has 0 fully saturated rings. The molecular weight excluding hydrogens is 359 g/mol. The minimum absolute atomic E-state index is 1.11. The first-order valence-electron chi connectivity index (χ1n) is 4.08.